The van der Waals surface area contributed by atoms with Crippen LogP contribution in [0, 0.1) is 13.8 Å². The van der Waals surface area contributed by atoms with E-state index in [0.717, 1.165) is 11.8 Å². The van der Waals surface area contributed by atoms with E-state index >= 15 is 0 Å². The Hall–Kier alpha value is -3.00. The number of carbonyl (C=O) groups is 3. The predicted molar refractivity (Wildman–Crippen MR) is 95.0 cm³/mol. The van der Waals surface area contributed by atoms with E-state index in [9.17, 15) is 24.6 Å². The minimum absolute atomic E-state index is 0.0524. The van der Waals surface area contributed by atoms with Crippen LogP contribution in [-0.2, 0) is 0 Å². The van der Waals surface area contributed by atoms with Gasteiger partial charge in [0.15, 0.2) is 6.29 Å². The summed E-state index contributed by atoms with van der Waals surface area (Å²) >= 11 is 0.964. The fourth-order valence-corrected chi connectivity index (χ4v) is 4.31. The summed E-state index contributed by atoms with van der Waals surface area (Å²) in [5.74, 6) is -1.63. The molecule has 7 nitrogen and oxygen atoms in total. The summed E-state index contributed by atoms with van der Waals surface area (Å²) in [5, 5.41) is 22.4. The zero-order valence-electron chi connectivity index (χ0n) is 14.2. The first-order chi connectivity index (χ1) is 12.3. The Bertz CT molecular complexity index is 983. The summed E-state index contributed by atoms with van der Waals surface area (Å²) in [6, 6.07) is 2.71. The topological polar surface area (TPSA) is 113 Å². The standard InChI is InChI=1S/C18H15NO6S/c1-7-4-11(21)10(6-20)15-13(7)17(22)19-14-8(2)12(25-3)5-9(18(23)24)16(14)26-15/h4-6,21H,1-3H3,(H,19,22)(H,23,24). The number of amides is 1. The van der Waals surface area contributed by atoms with Gasteiger partial charge in [-0.1, -0.05) is 11.8 Å². The van der Waals surface area contributed by atoms with Crippen LogP contribution in [0.1, 0.15) is 42.2 Å². The Morgan fingerprint density at radius 3 is 2.54 bits per heavy atom. The van der Waals surface area contributed by atoms with Crippen molar-refractivity contribution in [2.24, 2.45) is 0 Å². The molecule has 26 heavy (non-hydrogen) atoms. The van der Waals surface area contributed by atoms with E-state index in [0.29, 0.717) is 28.8 Å². The highest BCUT2D eigenvalue weighted by molar-refractivity contribution is 7.99. The van der Waals surface area contributed by atoms with Crippen molar-refractivity contribution in [2.45, 2.75) is 23.6 Å². The van der Waals surface area contributed by atoms with Crippen molar-refractivity contribution in [3.05, 3.63) is 39.9 Å². The molecule has 1 amide bonds. The smallest absolute Gasteiger partial charge is 0.337 e. The van der Waals surface area contributed by atoms with Crippen LogP contribution in [0.3, 0.4) is 0 Å². The number of aromatic carboxylic acids is 1. The van der Waals surface area contributed by atoms with Gasteiger partial charge in [-0.05, 0) is 31.5 Å². The van der Waals surface area contributed by atoms with Crippen molar-refractivity contribution in [1.29, 1.82) is 0 Å². The summed E-state index contributed by atoms with van der Waals surface area (Å²) in [6.07, 6.45) is 0.454. The summed E-state index contributed by atoms with van der Waals surface area (Å²) in [5.41, 5.74) is 1.45. The predicted octanol–water partition coefficient (Wildman–Crippen LogP) is 3.25. The van der Waals surface area contributed by atoms with Crippen LogP contribution in [0.2, 0.25) is 0 Å². The maximum absolute atomic E-state index is 12.8. The average molecular weight is 373 g/mol. The van der Waals surface area contributed by atoms with E-state index in [2.05, 4.69) is 5.32 Å². The highest BCUT2D eigenvalue weighted by Gasteiger charge is 2.31. The molecule has 3 N–H and O–H groups in total. The molecule has 134 valence electrons. The van der Waals surface area contributed by atoms with E-state index in [1.807, 2.05) is 0 Å². The van der Waals surface area contributed by atoms with E-state index in [-0.39, 0.29) is 32.2 Å². The molecule has 3 rings (SSSR count). The molecule has 1 aliphatic heterocycles. The van der Waals surface area contributed by atoms with Crippen molar-refractivity contribution < 1.29 is 29.3 Å². The molecule has 0 radical (unpaired) electrons. The molecule has 2 aromatic rings. The molecule has 0 bridgehead atoms. The summed E-state index contributed by atoms with van der Waals surface area (Å²) in [6.45, 7) is 3.33. The number of anilines is 1. The largest absolute Gasteiger partial charge is 0.507 e. The van der Waals surface area contributed by atoms with Crippen LogP contribution in [-0.4, -0.2) is 35.5 Å². The summed E-state index contributed by atoms with van der Waals surface area (Å²) < 4.78 is 5.22. The molecule has 1 heterocycles. The number of aldehydes is 1. The zero-order chi connectivity index (χ0) is 19.2. The second-order valence-corrected chi connectivity index (χ2v) is 6.79. The SMILES string of the molecule is COc1cc(C(=O)O)c2c(c1C)NC(=O)c1c(C)cc(O)c(C=O)c1S2. The first-order valence-corrected chi connectivity index (χ1v) is 8.37. The zero-order valence-corrected chi connectivity index (χ0v) is 15.0. The number of carboxylic acid groups (broad SMARTS) is 1. The van der Waals surface area contributed by atoms with Gasteiger partial charge in [0, 0.05) is 10.5 Å². The minimum Gasteiger partial charge on any atom is -0.507 e. The van der Waals surface area contributed by atoms with Crippen LogP contribution in [0.5, 0.6) is 11.5 Å². The Morgan fingerprint density at radius 1 is 1.27 bits per heavy atom. The molecule has 0 fully saturated rings. The molecule has 0 atom stereocenters. The average Bonchev–Trinajstić information content (AvgIpc) is 2.72. The third-order valence-corrected chi connectivity index (χ3v) is 5.48. The lowest BCUT2D eigenvalue weighted by Gasteiger charge is -2.16. The third-order valence-electron chi connectivity index (χ3n) is 4.22. The highest BCUT2D eigenvalue weighted by Crippen LogP contribution is 2.48. The number of carbonyl (C=O) groups excluding carboxylic acids is 2. The van der Waals surface area contributed by atoms with Crippen molar-refractivity contribution in [1.82, 2.24) is 0 Å². The number of hydrogen-bond acceptors (Lipinski definition) is 6. The fourth-order valence-electron chi connectivity index (χ4n) is 2.93. The van der Waals surface area contributed by atoms with E-state index in [1.54, 1.807) is 13.8 Å². The Kier molecular flexibility index (Phi) is 4.37. The monoisotopic (exact) mass is 373 g/mol. The van der Waals surface area contributed by atoms with Crippen molar-refractivity contribution in [3.63, 3.8) is 0 Å². The van der Waals surface area contributed by atoms with Crippen LogP contribution in [0.4, 0.5) is 5.69 Å². The molecular formula is C18H15NO6S. The maximum atomic E-state index is 12.8. The number of phenols is 1. The molecule has 2 aromatic carbocycles. The molecule has 0 unspecified atom stereocenters. The number of ether oxygens (including phenoxy) is 1. The lowest BCUT2D eigenvalue weighted by molar-refractivity contribution is 0.0692. The fraction of sp³-hybridized carbons (Fsp3) is 0.167. The van der Waals surface area contributed by atoms with Gasteiger partial charge in [0.05, 0.1) is 34.4 Å². The van der Waals surface area contributed by atoms with Gasteiger partial charge in [-0.15, -0.1) is 0 Å². The van der Waals surface area contributed by atoms with Crippen LogP contribution < -0.4 is 10.1 Å². The molecular weight excluding hydrogens is 358 g/mol. The van der Waals surface area contributed by atoms with Gasteiger partial charge >= 0.3 is 5.97 Å². The Labute approximate surface area is 153 Å². The highest BCUT2D eigenvalue weighted by atomic mass is 32.2. The van der Waals surface area contributed by atoms with Gasteiger partial charge in [0.2, 0.25) is 0 Å². The van der Waals surface area contributed by atoms with Crippen LogP contribution >= 0.6 is 11.8 Å². The molecule has 0 saturated heterocycles. The second kappa shape index (κ2) is 6.38. The van der Waals surface area contributed by atoms with E-state index < -0.39 is 11.9 Å². The van der Waals surface area contributed by atoms with Gasteiger partial charge < -0.3 is 20.3 Å². The third kappa shape index (κ3) is 2.59. The first kappa shape index (κ1) is 17.8. The first-order valence-electron chi connectivity index (χ1n) is 7.56. The summed E-state index contributed by atoms with van der Waals surface area (Å²) in [4.78, 5) is 36.5. The minimum atomic E-state index is -1.20. The number of nitrogens with one attached hydrogen (secondary N) is 1. The quantitative estimate of drug-likeness (QED) is 0.708. The molecule has 8 heteroatoms. The molecule has 1 aliphatic rings. The number of aromatic hydroxyl groups is 1. The number of methoxy groups -OCH3 is 1. The number of aryl methyl sites for hydroxylation is 1. The van der Waals surface area contributed by atoms with Gasteiger partial charge in [-0.25, -0.2) is 4.79 Å². The Morgan fingerprint density at radius 2 is 1.96 bits per heavy atom. The van der Waals surface area contributed by atoms with Gasteiger partial charge in [0.25, 0.3) is 5.91 Å². The van der Waals surface area contributed by atoms with E-state index in [1.165, 1.54) is 19.2 Å². The molecule has 0 aliphatic carbocycles. The molecule has 0 spiro atoms. The van der Waals surface area contributed by atoms with Gasteiger partial charge in [0.1, 0.15) is 11.5 Å². The number of carboxylic acids is 1. The molecule has 0 saturated carbocycles. The number of benzene rings is 2. The van der Waals surface area contributed by atoms with Gasteiger partial charge in [-0.3, -0.25) is 9.59 Å². The van der Waals surface area contributed by atoms with Crippen molar-refractivity contribution >= 4 is 35.6 Å². The normalized spacial score (nSPS) is 12.5. The van der Waals surface area contributed by atoms with Crippen molar-refractivity contribution in [2.75, 3.05) is 12.4 Å². The number of rotatable bonds is 3. The van der Waals surface area contributed by atoms with Crippen molar-refractivity contribution in [3.8, 4) is 11.5 Å². The number of fused-ring (bicyclic) bond motifs is 2. The number of hydrogen-bond donors (Lipinski definition) is 3. The number of phenolic OH excluding ortho intramolecular Hbond substituents is 1. The van der Waals surface area contributed by atoms with Crippen LogP contribution in [0.25, 0.3) is 0 Å². The van der Waals surface area contributed by atoms with E-state index in [4.69, 9.17) is 4.74 Å². The molecule has 0 aromatic heterocycles. The maximum Gasteiger partial charge on any atom is 0.337 e. The van der Waals surface area contributed by atoms with Gasteiger partial charge in [-0.2, -0.15) is 0 Å². The summed E-state index contributed by atoms with van der Waals surface area (Å²) in [7, 11) is 1.41. The lowest BCUT2D eigenvalue weighted by atomic mass is 10.0. The lowest BCUT2D eigenvalue weighted by Crippen LogP contribution is -2.15. The van der Waals surface area contributed by atoms with Crippen LogP contribution in [0.15, 0.2) is 21.9 Å². The Balaban J connectivity index is 2.40. The second-order valence-electron chi connectivity index (χ2n) is 5.77.